The van der Waals surface area contributed by atoms with Gasteiger partial charge in [-0.1, -0.05) is 11.6 Å². The average Bonchev–Trinajstić information content (AvgIpc) is 3.16. The monoisotopic (exact) mass is 431 g/mol. The number of carbonyl (C=O) groups excluding carboxylic acids is 1. The highest BCUT2D eigenvalue weighted by atomic mass is 35.5. The molecule has 1 fully saturated rings. The molecule has 0 radical (unpaired) electrons. The van der Waals surface area contributed by atoms with Crippen LogP contribution in [0.3, 0.4) is 0 Å². The van der Waals surface area contributed by atoms with Gasteiger partial charge >= 0.3 is 0 Å². The Balaban J connectivity index is 1.73. The van der Waals surface area contributed by atoms with E-state index in [0.717, 1.165) is 0 Å². The molecule has 156 valence electrons. The lowest BCUT2D eigenvalue weighted by Crippen LogP contribution is -2.21. The number of carbonyl (C=O) groups is 1. The minimum Gasteiger partial charge on any atom is -0.496 e. The topological polar surface area (TPSA) is 97.9 Å². The Labute approximate surface area is 176 Å². The molecule has 1 aliphatic rings. The third-order valence-electron chi connectivity index (χ3n) is 5.04. The van der Waals surface area contributed by atoms with E-state index >= 15 is 0 Å². The van der Waals surface area contributed by atoms with Crippen molar-refractivity contribution >= 4 is 34.1 Å². The average molecular weight is 432 g/mol. The first-order valence-electron chi connectivity index (χ1n) is 9.24. The molecule has 7 nitrogen and oxygen atoms in total. The van der Waals surface area contributed by atoms with E-state index in [1.54, 1.807) is 18.2 Å². The van der Waals surface area contributed by atoms with Gasteiger partial charge in [0.1, 0.15) is 16.5 Å². The summed E-state index contributed by atoms with van der Waals surface area (Å²) in [6.45, 7) is 0.985. The van der Waals surface area contributed by atoms with Crippen LogP contribution in [0.5, 0.6) is 17.2 Å². The number of benzene rings is 2. The van der Waals surface area contributed by atoms with Crippen molar-refractivity contribution in [3.8, 4) is 17.2 Å². The highest BCUT2D eigenvalue weighted by Crippen LogP contribution is 2.39. The molecule has 9 heteroatoms. The highest BCUT2D eigenvalue weighted by Gasteiger charge is 2.25. The maximum Gasteiger partial charge on any atom is 0.252 e. The van der Waals surface area contributed by atoms with Crippen LogP contribution in [0.2, 0.25) is 5.02 Å². The first-order valence-corrected chi connectivity index (χ1v) is 9.62. The molecule has 0 bridgehead atoms. The summed E-state index contributed by atoms with van der Waals surface area (Å²) < 4.78 is 26.0. The van der Waals surface area contributed by atoms with Gasteiger partial charge in [-0.2, -0.15) is 0 Å². The van der Waals surface area contributed by atoms with Crippen LogP contribution >= 0.6 is 11.6 Å². The molecular weight excluding hydrogens is 413 g/mol. The lowest BCUT2D eigenvalue weighted by atomic mass is 10.1. The first-order chi connectivity index (χ1) is 14.4. The summed E-state index contributed by atoms with van der Waals surface area (Å²) in [6, 6.07) is 7.75. The third-order valence-corrected chi connectivity index (χ3v) is 5.40. The van der Waals surface area contributed by atoms with Crippen molar-refractivity contribution in [2.24, 2.45) is 5.73 Å². The van der Waals surface area contributed by atoms with Gasteiger partial charge in [-0.15, -0.1) is 0 Å². The lowest BCUT2D eigenvalue weighted by Gasteiger charge is -2.20. The summed E-state index contributed by atoms with van der Waals surface area (Å²) in [5.41, 5.74) is 6.58. The van der Waals surface area contributed by atoms with Gasteiger partial charge < -0.3 is 25.2 Å². The number of aliphatic hydroxyl groups is 1. The Bertz CT molecular complexity index is 1140. The number of aliphatic hydroxyl groups excluding tert-OH is 1. The zero-order valence-electron chi connectivity index (χ0n) is 16.1. The highest BCUT2D eigenvalue weighted by molar-refractivity contribution is 6.33. The number of hydrogen-bond donors (Lipinski definition) is 2. The molecule has 1 aliphatic heterocycles. The second-order valence-corrected chi connectivity index (χ2v) is 7.32. The molecule has 30 heavy (non-hydrogen) atoms. The van der Waals surface area contributed by atoms with Crippen molar-refractivity contribution in [2.45, 2.75) is 12.5 Å². The van der Waals surface area contributed by atoms with E-state index in [0.29, 0.717) is 36.1 Å². The summed E-state index contributed by atoms with van der Waals surface area (Å²) in [5.74, 6) is -0.901. The van der Waals surface area contributed by atoms with Gasteiger partial charge in [0.25, 0.3) is 5.91 Å². The SMILES string of the molecule is COc1cc2nccc(Oc3ccc(N4CC[C@H](O)C4)c(Cl)c3F)c2cc1C(N)=O. The van der Waals surface area contributed by atoms with Gasteiger partial charge in [0.05, 0.1) is 30.0 Å². The summed E-state index contributed by atoms with van der Waals surface area (Å²) >= 11 is 6.25. The number of rotatable bonds is 5. The molecular formula is C21H19ClFN3O4. The molecule has 3 N–H and O–H groups in total. The molecule has 1 amide bonds. The number of fused-ring (bicyclic) bond motifs is 1. The van der Waals surface area contributed by atoms with Crippen LogP contribution in [0.4, 0.5) is 10.1 Å². The van der Waals surface area contributed by atoms with Crippen LogP contribution in [0.25, 0.3) is 10.9 Å². The number of pyridine rings is 1. The predicted molar refractivity (Wildman–Crippen MR) is 111 cm³/mol. The molecule has 2 heterocycles. The van der Waals surface area contributed by atoms with Gasteiger partial charge in [-0.05, 0) is 30.7 Å². The van der Waals surface area contributed by atoms with E-state index in [4.69, 9.17) is 26.8 Å². The fourth-order valence-electron chi connectivity index (χ4n) is 3.52. The molecule has 0 spiro atoms. The summed E-state index contributed by atoms with van der Waals surface area (Å²) in [5, 5.41) is 10.1. The molecule has 0 aliphatic carbocycles. The molecule has 1 atom stereocenters. The predicted octanol–water partition coefficient (Wildman–Crippen LogP) is 3.50. The number of methoxy groups -OCH3 is 1. The number of nitrogens with zero attached hydrogens (tertiary/aromatic N) is 2. The molecule has 3 aromatic rings. The van der Waals surface area contributed by atoms with Crippen molar-refractivity contribution in [1.29, 1.82) is 0 Å². The van der Waals surface area contributed by atoms with E-state index in [1.165, 1.54) is 25.4 Å². The fraction of sp³-hybridized carbons (Fsp3) is 0.238. The third kappa shape index (κ3) is 3.59. The lowest BCUT2D eigenvalue weighted by molar-refractivity contribution is 0.0997. The summed E-state index contributed by atoms with van der Waals surface area (Å²) in [4.78, 5) is 17.8. The molecule has 4 rings (SSSR count). The number of ether oxygens (including phenoxy) is 2. The van der Waals surface area contributed by atoms with Crippen LogP contribution in [-0.2, 0) is 0 Å². The summed E-state index contributed by atoms with van der Waals surface area (Å²) in [6.07, 6.45) is 1.64. The molecule has 1 aromatic heterocycles. The minimum atomic E-state index is -0.718. The Morgan fingerprint density at radius 2 is 2.10 bits per heavy atom. The summed E-state index contributed by atoms with van der Waals surface area (Å²) in [7, 11) is 1.42. The van der Waals surface area contributed by atoms with Gasteiger partial charge in [0.2, 0.25) is 0 Å². The maximum absolute atomic E-state index is 15.0. The number of anilines is 1. The van der Waals surface area contributed by atoms with Crippen molar-refractivity contribution in [3.63, 3.8) is 0 Å². The van der Waals surface area contributed by atoms with Crippen LogP contribution in [0.15, 0.2) is 36.5 Å². The van der Waals surface area contributed by atoms with Gasteiger partial charge in [0, 0.05) is 30.7 Å². The second-order valence-electron chi connectivity index (χ2n) is 6.94. The Hall–Kier alpha value is -3.10. The zero-order valence-corrected chi connectivity index (χ0v) is 16.8. The van der Waals surface area contributed by atoms with Crippen LogP contribution in [-0.4, -0.2) is 42.3 Å². The van der Waals surface area contributed by atoms with Crippen molar-refractivity contribution in [3.05, 3.63) is 52.9 Å². The van der Waals surface area contributed by atoms with Gasteiger partial charge in [0.15, 0.2) is 11.6 Å². The Morgan fingerprint density at radius 1 is 1.30 bits per heavy atom. The van der Waals surface area contributed by atoms with Crippen molar-refractivity contribution in [1.82, 2.24) is 4.98 Å². The smallest absolute Gasteiger partial charge is 0.252 e. The normalized spacial score (nSPS) is 16.1. The quantitative estimate of drug-likeness (QED) is 0.641. The molecule has 0 unspecified atom stereocenters. The molecule has 1 saturated heterocycles. The van der Waals surface area contributed by atoms with E-state index in [2.05, 4.69) is 4.98 Å². The van der Waals surface area contributed by atoms with Crippen LogP contribution in [0.1, 0.15) is 16.8 Å². The maximum atomic E-state index is 15.0. The van der Waals surface area contributed by atoms with Gasteiger partial charge in [-0.25, -0.2) is 4.39 Å². The number of hydrogen-bond acceptors (Lipinski definition) is 6. The van der Waals surface area contributed by atoms with E-state index in [1.807, 2.05) is 4.90 Å². The van der Waals surface area contributed by atoms with E-state index < -0.39 is 17.8 Å². The van der Waals surface area contributed by atoms with Crippen LogP contribution in [0, 0.1) is 5.82 Å². The molecule has 2 aromatic carbocycles. The largest absolute Gasteiger partial charge is 0.496 e. The number of halogens is 2. The number of amides is 1. The van der Waals surface area contributed by atoms with E-state index in [-0.39, 0.29) is 27.8 Å². The van der Waals surface area contributed by atoms with Gasteiger partial charge in [-0.3, -0.25) is 9.78 Å². The Morgan fingerprint density at radius 3 is 2.77 bits per heavy atom. The minimum absolute atomic E-state index is 0.0764. The number of aromatic nitrogens is 1. The zero-order chi connectivity index (χ0) is 21.4. The fourth-order valence-corrected chi connectivity index (χ4v) is 3.80. The standard InChI is InChI=1S/C21H19ClFN3O4/c1-29-18-9-14-12(8-13(18)21(24)28)16(4-6-25-14)30-17-3-2-15(19(22)20(17)23)26-7-5-11(27)10-26/h2-4,6,8-9,11,27H,5,7,10H2,1H3,(H2,24,28)/t11-/m0/s1. The number of nitrogens with two attached hydrogens (primary N) is 1. The first kappa shape index (κ1) is 20.2. The second kappa shape index (κ2) is 7.97. The molecule has 0 saturated carbocycles. The Kier molecular flexibility index (Phi) is 5.36. The van der Waals surface area contributed by atoms with E-state index in [9.17, 15) is 14.3 Å². The van der Waals surface area contributed by atoms with Crippen molar-refractivity contribution in [2.75, 3.05) is 25.1 Å². The number of primary amides is 1. The van der Waals surface area contributed by atoms with Crippen molar-refractivity contribution < 1.29 is 23.8 Å². The van der Waals surface area contributed by atoms with Crippen LogP contribution < -0.4 is 20.1 Å². The number of β-amino-alcohol motifs (C(OH)–C–C–N with tert-alkyl or cyclic N) is 1.